The Balaban J connectivity index is 1.99. The van der Waals surface area contributed by atoms with Gasteiger partial charge in [0.25, 0.3) is 5.69 Å². The van der Waals surface area contributed by atoms with Crippen LogP contribution in [0.15, 0.2) is 24.3 Å². The molecule has 1 aromatic carbocycles. The number of hydrogen-bond donors (Lipinski definition) is 0. The fourth-order valence-electron chi connectivity index (χ4n) is 2.68. The second-order valence-electron chi connectivity index (χ2n) is 5.55. The monoisotopic (exact) mass is 286 g/mol. The van der Waals surface area contributed by atoms with Crippen molar-refractivity contribution in [3.05, 3.63) is 39.9 Å². The summed E-state index contributed by atoms with van der Waals surface area (Å²) >= 11 is 0. The number of hydrogen-bond acceptors (Lipinski definition) is 5. The summed E-state index contributed by atoms with van der Waals surface area (Å²) in [6.07, 6.45) is 0. The van der Waals surface area contributed by atoms with Crippen molar-refractivity contribution in [1.29, 1.82) is 0 Å². The van der Waals surface area contributed by atoms with Crippen molar-refractivity contribution >= 4 is 22.4 Å². The number of piperazine rings is 1. The SMILES string of the molecule is Cc1cc(N2CCN(C)CC2)nc2ccc([N+](=O)[O-])cc12. The molecule has 0 amide bonds. The summed E-state index contributed by atoms with van der Waals surface area (Å²) < 4.78 is 0. The Morgan fingerprint density at radius 2 is 1.90 bits per heavy atom. The van der Waals surface area contributed by atoms with Crippen molar-refractivity contribution in [2.24, 2.45) is 0 Å². The largest absolute Gasteiger partial charge is 0.354 e. The van der Waals surface area contributed by atoms with Crippen LogP contribution in [0.5, 0.6) is 0 Å². The summed E-state index contributed by atoms with van der Waals surface area (Å²) in [6, 6.07) is 6.88. The Kier molecular flexibility index (Phi) is 3.47. The average molecular weight is 286 g/mol. The molecule has 2 heterocycles. The average Bonchev–Trinajstić information content (AvgIpc) is 2.47. The van der Waals surface area contributed by atoms with E-state index >= 15 is 0 Å². The molecule has 2 aromatic rings. The number of aryl methyl sites for hydroxylation is 1. The standard InChI is InChI=1S/C15H18N4O2/c1-11-9-15(18-7-5-17(2)6-8-18)16-14-4-3-12(19(20)21)10-13(11)14/h3-4,9-10H,5-8H2,1-2H3. The van der Waals surface area contributed by atoms with Crippen LogP contribution in [0.1, 0.15) is 5.56 Å². The zero-order valence-corrected chi connectivity index (χ0v) is 12.2. The normalized spacial score (nSPS) is 16.4. The fourth-order valence-corrected chi connectivity index (χ4v) is 2.68. The third kappa shape index (κ3) is 2.67. The van der Waals surface area contributed by atoms with Gasteiger partial charge in [-0.1, -0.05) is 0 Å². The molecule has 0 saturated carbocycles. The maximum Gasteiger partial charge on any atom is 0.270 e. The van der Waals surface area contributed by atoms with Gasteiger partial charge in [0, 0.05) is 43.7 Å². The minimum atomic E-state index is -0.368. The summed E-state index contributed by atoms with van der Waals surface area (Å²) in [5.74, 6) is 0.960. The zero-order chi connectivity index (χ0) is 15.0. The van der Waals surface area contributed by atoms with Crippen molar-refractivity contribution in [2.75, 3.05) is 38.1 Å². The molecular formula is C15H18N4O2. The van der Waals surface area contributed by atoms with E-state index in [0.29, 0.717) is 0 Å². The lowest BCUT2D eigenvalue weighted by Crippen LogP contribution is -2.44. The van der Waals surface area contributed by atoms with Gasteiger partial charge in [0.1, 0.15) is 5.82 Å². The van der Waals surface area contributed by atoms with E-state index in [1.165, 1.54) is 6.07 Å². The van der Waals surface area contributed by atoms with Crippen molar-refractivity contribution in [2.45, 2.75) is 6.92 Å². The first-order chi connectivity index (χ1) is 10.0. The number of nitro groups is 1. The molecule has 0 atom stereocenters. The van der Waals surface area contributed by atoms with Crippen LogP contribution in [-0.2, 0) is 0 Å². The maximum atomic E-state index is 10.9. The van der Waals surface area contributed by atoms with Crippen molar-refractivity contribution < 1.29 is 4.92 Å². The molecule has 1 fully saturated rings. The van der Waals surface area contributed by atoms with Crippen LogP contribution >= 0.6 is 0 Å². The predicted octanol–water partition coefficient (Wildman–Crippen LogP) is 2.20. The second kappa shape index (κ2) is 5.29. The molecule has 0 unspecified atom stereocenters. The first-order valence-electron chi connectivity index (χ1n) is 7.04. The van der Waals surface area contributed by atoms with Gasteiger partial charge < -0.3 is 9.80 Å². The summed E-state index contributed by atoms with van der Waals surface area (Å²) in [5.41, 5.74) is 1.95. The van der Waals surface area contributed by atoms with Crippen molar-refractivity contribution in [3.63, 3.8) is 0 Å². The smallest absolute Gasteiger partial charge is 0.270 e. The molecule has 0 spiro atoms. The van der Waals surface area contributed by atoms with Crippen LogP contribution in [0.4, 0.5) is 11.5 Å². The van der Waals surface area contributed by atoms with E-state index < -0.39 is 0 Å². The van der Waals surface area contributed by atoms with Gasteiger partial charge in [-0.25, -0.2) is 4.98 Å². The summed E-state index contributed by atoms with van der Waals surface area (Å²) in [6.45, 7) is 5.95. The summed E-state index contributed by atoms with van der Waals surface area (Å²) in [5, 5.41) is 11.7. The lowest BCUT2D eigenvalue weighted by atomic mass is 10.1. The van der Waals surface area contributed by atoms with Crippen LogP contribution in [0.25, 0.3) is 10.9 Å². The van der Waals surface area contributed by atoms with Crippen molar-refractivity contribution in [1.82, 2.24) is 9.88 Å². The lowest BCUT2D eigenvalue weighted by molar-refractivity contribution is -0.384. The minimum absolute atomic E-state index is 0.111. The minimum Gasteiger partial charge on any atom is -0.354 e. The number of aromatic nitrogens is 1. The molecule has 21 heavy (non-hydrogen) atoms. The van der Waals surface area contributed by atoms with Gasteiger partial charge in [0.05, 0.1) is 10.4 Å². The first kappa shape index (κ1) is 13.8. The molecule has 1 aliphatic rings. The third-order valence-electron chi connectivity index (χ3n) is 4.02. The van der Waals surface area contributed by atoms with Gasteiger partial charge in [-0.3, -0.25) is 10.1 Å². The van der Waals surface area contributed by atoms with E-state index in [9.17, 15) is 10.1 Å². The molecule has 0 bridgehead atoms. The number of benzene rings is 1. The number of nitro benzene ring substituents is 1. The highest BCUT2D eigenvalue weighted by Crippen LogP contribution is 2.26. The molecule has 6 nitrogen and oxygen atoms in total. The summed E-state index contributed by atoms with van der Waals surface area (Å²) in [7, 11) is 2.12. The van der Waals surface area contributed by atoms with Gasteiger partial charge in [-0.15, -0.1) is 0 Å². The number of non-ortho nitro benzene ring substituents is 1. The molecule has 3 rings (SSSR count). The molecule has 110 valence electrons. The highest BCUT2D eigenvalue weighted by Gasteiger charge is 2.17. The van der Waals surface area contributed by atoms with E-state index in [1.54, 1.807) is 12.1 Å². The number of fused-ring (bicyclic) bond motifs is 1. The topological polar surface area (TPSA) is 62.5 Å². The van der Waals surface area contributed by atoms with Gasteiger partial charge in [0.15, 0.2) is 0 Å². The van der Waals surface area contributed by atoms with E-state index in [0.717, 1.165) is 48.5 Å². The van der Waals surface area contributed by atoms with Crippen LogP contribution in [0.3, 0.4) is 0 Å². The number of nitrogens with zero attached hydrogens (tertiary/aromatic N) is 4. The number of rotatable bonds is 2. The zero-order valence-electron chi connectivity index (χ0n) is 12.2. The Morgan fingerprint density at radius 3 is 2.57 bits per heavy atom. The highest BCUT2D eigenvalue weighted by atomic mass is 16.6. The van der Waals surface area contributed by atoms with E-state index in [1.807, 2.05) is 13.0 Å². The molecule has 0 radical (unpaired) electrons. The van der Waals surface area contributed by atoms with Crippen LogP contribution < -0.4 is 4.90 Å². The van der Waals surface area contributed by atoms with Crippen LogP contribution in [0, 0.1) is 17.0 Å². The fraction of sp³-hybridized carbons (Fsp3) is 0.400. The van der Waals surface area contributed by atoms with Crippen molar-refractivity contribution in [3.8, 4) is 0 Å². The molecule has 0 aliphatic carbocycles. The quantitative estimate of drug-likeness (QED) is 0.625. The number of likely N-dealkylation sites (N-methyl/N-ethyl adjacent to an activating group) is 1. The Bertz CT molecular complexity index is 693. The molecule has 1 aliphatic heterocycles. The Hall–Kier alpha value is -2.21. The molecule has 0 N–H and O–H groups in total. The summed E-state index contributed by atoms with van der Waals surface area (Å²) in [4.78, 5) is 19.7. The van der Waals surface area contributed by atoms with Gasteiger partial charge >= 0.3 is 0 Å². The van der Waals surface area contributed by atoms with E-state index in [4.69, 9.17) is 0 Å². The molecular weight excluding hydrogens is 268 g/mol. The van der Waals surface area contributed by atoms with Gasteiger partial charge in [-0.2, -0.15) is 0 Å². The first-order valence-corrected chi connectivity index (χ1v) is 7.04. The maximum absolute atomic E-state index is 10.9. The van der Waals surface area contributed by atoms with Crippen LogP contribution in [0.2, 0.25) is 0 Å². The second-order valence-corrected chi connectivity index (χ2v) is 5.55. The Morgan fingerprint density at radius 1 is 1.19 bits per heavy atom. The lowest BCUT2D eigenvalue weighted by Gasteiger charge is -2.33. The Labute approximate surface area is 123 Å². The van der Waals surface area contributed by atoms with Gasteiger partial charge in [0.2, 0.25) is 0 Å². The molecule has 1 saturated heterocycles. The van der Waals surface area contributed by atoms with E-state index in [2.05, 4.69) is 21.8 Å². The van der Waals surface area contributed by atoms with Crippen LogP contribution in [-0.4, -0.2) is 48.0 Å². The highest BCUT2D eigenvalue weighted by molar-refractivity contribution is 5.86. The molecule has 1 aromatic heterocycles. The predicted molar refractivity (Wildman–Crippen MR) is 82.8 cm³/mol. The third-order valence-corrected chi connectivity index (χ3v) is 4.02. The number of anilines is 1. The number of pyridine rings is 1. The molecule has 6 heteroatoms. The van der Waals surface area contributed by atoms with Gasteiger partial charge in [-0.05, 0) is 31.7 Å². The van der Waals surface area contributed by atoms with E-state index in [-0.39, 0.29) is 10.6 Å².